The van der Waals surface area contributed by atoms with Crippen molar-refractivity contribution in [1.29, 1.82) is 0 Å². The molecule has 2 atom stereocenters. The van der Waals surface area contributed by atoms with E-state index in [-0.39, 0.29) is 24.0 Å². The Morgan fingerprint density at radius 1 is 1.39 bits per heavy atom. The van der Waals surface area contributed by atoms with E-state index in [9.17, 15) is 19.8 Å². The van der Waals surface area contributed by atoms with Crippen molar-refractivity contribution in [3.63, 3.8) is 0 Å². The number of hydrogen-bond acceptors (Lipinski definition) is 7. The second-order valence-corrected chi connectivity index (χ2v) is 7.04. The third-order valence-electron chi connectivity index (χ3n) is 2.60. The number of carbonyl (C=O) groups is 2. The maximum Gasteiger partial charge on any atom is 0.413 e. The van der Waals surface area contributed by atoms with Crippen LogP contribution in [0.25, 0.3) is 0 Å². The van der Waals surface area contributed by atoms with Crippen LogP contribution in [0, 0.1) is 0 Å². The van der Waals surface area contributed by atoms with Crippen molar-refractivity contribution in [1.82, 2.24) is 10.3 Å². The van der Waals surface area contributed by atoms with E-state index in [0.29, 0.717) is 4.88 Å². The van der Waals surface area contributed by atoms with Crippen LogP contribution in [-0.4, -0.2) is 45.4 Å². The van der Waals surface area contributed by atoms with E-state index < -0.39 is 23.9 Å². The average molecular weight is 345 g/mol. The molecule has 4 N–H and O–H groups in total. The molecule has 1 rings (SSSR count). The molecule has 0 saturated carbocycles. The van der Waals surface area contributed by atoms with Gasteiger partial charge in [0.2, 0.25) is 5.91 Å². The molecule has 1 aromatic rings. The van der Waals surface area contributed by atoms with Crippen molar-refractivity contribution in [2.24, 2.45) is 0 Å². The summed E-state index contributed by atoms with van der Waals surface area (Å²) in [6.45, 7) is 6.87. The van der Waals surface area contributed by atoms with Crippen LogP contribution in [0.15, 0.2) is 6.20 Å². The molecular formula is C14H23N3O5S. The lowest BCUT2D eigenvalue weighted by atomic mass is 10.1. The molecule has 1 heterocycles. The first-order valence-electron chi connectivity index (χ1n) is 7.15. The Balaban J connectivity index is 2.54. The van der Waals surface area contributed by atoms with Crippen molar-refractivity contribution in [2.45, 2.75) is 51.9 Å². The smallest absolute Gasteiger partial charge is 0.413 e. The highest BCUT2D eigenvalue weighted by Gasteiger charge is 2.22. The Hall–Kier alpha value is -1.71. The summed E-state index contributed by atoms with van der Waals surface area (Å²) in [5.74, 6) is -0.201. The summed E-state index contributed by atoms with van der Waals surface area (Å²) in [6, 6.07) is 0. The number of hydrogen-bond donors (Lipinski definition) is 4. The number of nitrogens with zero attached hydrogens (tertiary/aromatic N) is 1. The topological polar surface area (TPSA) is 121 Å². The van der Waals surface area contributed by atoms with Crippen molar-refractivity contribution in [3.05, 3.63) is 11.1 Å². The summed E-state index contributed by atoms with van der Waals surface area (Å²) in [5, 5.41) is 25.2. The molecule has 0 radical (unpaired) electrons. The fraction of sp³-hybridized carbons (Fsp3) is 0.643. The standard InChI is InChI=1S/C14H23N3O5S/c1-8(18)15-6-5-9(19)11(20)10-7-16-12(23-10)17-13(21)22-14(2,3)4/h7,9,11,19-20H,5-6H2,1-4H3,(H,15,18)(H,16,17,21). The van der Waals surface area contributed by atoms with Crippen LogP contribution in [0.3, 0.4) is 0 Å². The minimum absolute atomic E-state index is 0.201. The van der Waals surface area contributed by atoms with Crippen molar-refractivity contribution < 1.29 is 24.5 Å². The number of aliphatic hydroxyl groups is 2. The molecule has 0 fully saturated rings. The summed E-state index contributed by atoms with van der Waals surface area (Å²) in [7, 11) is 0. The SMILES string of the molecule is CC(=O)NCCC(O)C(O)c1cnc(NC(=O)OC(C)(C)C)s1. The molecule has 9 heteroatoms. The van der Waals surface area contributed by atoms with E-state index in [1.807, 2.05) is 0 Å². The highest BCUT2D eigenvalue weighted by molar-refractivity contribution is 7.15. The Morgan fingerprint density at radius 3 is 2.61 bits per heavy atom. The molecule has 23 heavy (non-hydrogen) atoms. The van der Waals surface area contributed by atoms with E-state index >= 15 is 0 Å². The zero-order chi connectivity index (χ0) is 17.6. The molecule has 2 amide bonds. The lowest BCUT2D eigenvalue weighted by molar-refractivity contribution is -0.119. The highest BCUT2D eigenvalue weighted by Crippen LogP contribution is 2.27. The Bertz CT molecular complexity index is 541. The van der Waals surface area contributed by atoms with Gasteiger partial charge in [-0.15, -0.1) is 0 Å². The predicted octanol–water partition coefficient (Wildman–Crippen LogP) is 1.41. The second kappa shape index (κ2) is 8.23. The molecule has 0 aliphatic heterocycles. The summed E-state index contributed by atoms with van der Waals surface area (Å²) in [5.41, 5.74) is -0.621. The lowest BCUT2D eigenvalue weighted by Gasteiger charge is -2.19. The van der Waals surface area contributed by atoms with Crippen molar-refractivity contribution in [2.75, 3.05) is 11.9 Å². The zero-order valence-electron chi connectivity index (χ0n) is 13.6. The molecule has 0 aliphatic rings. The number of aromatic nitrogens is 1. The number of ether oxygens (including phenoxy) is 1. The van der Waals surface area contributed by atoms with Gasteiger partial charge in [0.25, 0.3) is 0 Å². The number of thiazole rings is 1. The number of nitrogens with one attached hydrogen (secondary N) is 2. The quantitative estimate of drug-likeness (QED) is 0.618. The first-order chi connectivity index (χ1) is 10.6. The van der Waals surface area contributed by atoms with Gasteiger partial charge >= 0.3 is 6.09 Å². The average Bonchev–Trinajstić information content (AvgIpc) is 2.83. The number of aliphatic hydroxyl groups excluding tert-OH is 2. The predicted molar refractivity (Wildman–Crippen MR) is 86.2 cm³/mol. The van der Waals surface area contributed by atoms with Gasteiger partial charge in [0.1, 0.15) is 11.7 Å². The molecule has 130 valence electrons. The van der Waals surface area contributed by atoms with E-state index in [4.69, 9.17) is 4.74 Å². The molecule has 0 aromatic carbocycles. The molecular weight excluding hydrogens is 322 g/mol. The molecule has 2 unspecified atom stereocenters. The number of rotatable bonds is 6. The minimum Gasteiger partial charge on any atom is -0.444 e. The maximum absolute atomic E-state index is 11.6. The van der Waals surface area contributed by atoms with E-state index in [1.54, 1.807) is 20.8 Å². The van der Waals surface area contributed by atoms with Gasteiger partial charge < -0.3 is 20.3 Å². The number of anilines is 1. The Morgan fingerprint density at radius 2 is 2.04 bits per heavy atom. The lowest BCUT2D eigenvalue weighted by Crippen LogP contribution is -2.27. The van der Waals surface area contributed by atoms with E-state index in [1.165, 1.54) is 13.1 Å². The van der Waals surface area contributed by atoms with Crippen LogP contribution < -0.4 is 10.6 Å². The Kier molecular flexibility index (Phi) is 6.92. The number of carbonyl (C=O) groups excluding carboxylic acids is 2. The first-order valence-corrected chi connectivity index (χ1v) is 7.96. The molecule has 0 bridgehead atoms. The largest absolute Gasteiger partial charge is 0.444 e. The van der Waals surface area contributed by atoms with Crippen LogP contribution >= 0.6 is 11.3 Å². The maximum atomic E-state index is 11.6. The monoisotopic (exact) mass is 345 g/mol. The van der Waals surface area contributed by atoms with Gasteiger partial charge in [0, 0.05) is 19.7 Å². The van der Waals surface area contributed by atoms with Gasteiger partial charge in [-0.1, -0.05) is 11.3 Å². The van der Waals surface area contributed by atoms with Gasteiger partial charge in [-0.3, -0.25) is 10.1 Å². The van der Waals surface area contributed by atoms with E-state index in [2.05, 4.69) is 15.6 Å². The third-order valence-corrected chi connectivity index (χ3v) is 3.58. The Labute approximate surface area is 138 Å². The minimum atomic E-state index is -1.14. The molecule has 0 saturated heterocycles. The van der Waals surface area contributed by atoms with Crippen LogP contribution in [0.4, 0.5) is 9.93 Å². The summed E-state index contributed by atoms with van der Waals surface area (Å²) >= 11 is 1.04. The first kappa shape index (κ1) is 19.3. The van der Waals surface area contributed by atoms with Crippen LogP contribution in [0.5, 0.6) is 0 Å². The van der Waals surface area contributed by atoms with Gasteiger partial charge in [-0.05, 0) is 27.2 Å². The molecule has 0 spiro atoms. The van der Waals surface area contributed by atoms with Crippen LogP contribution in [-0.2, 0) is 9.53 Å². The van der Waals surface area contributed by atoms with Crippen molar-refractivity contribution >= 4 is 28.5 Å². The van der Waals surface area contributed by atoms with Crippen LogP contribution in [0.1, 0.15) is 45.1 Å². The van der Waals surface area contributed by atoms with E-state index in [0.717, 1.165) is 11.3 Å². The zero-order valence-corrected chi connectivity index (χ0v) is 14.4. The molecule has 0 aliphatic carbocycles. The van der Waals surface area contributed by atoms with Crippen LogP contribution in [0.2, 0.25) is 0 Å². The molecule has 1 aromatic heterocycles. The second-order valence-electron chi connectivity index (χ2n) is 5.98. The van der Waals surface area contributed by atoms with Gasteiger partial charge in [-0.25, -0.2) is 9.78 Å². The fourth-order valence-corrected chi connectivity index (χ4v) is 2.46. The summed E-state index contributed by atoms with van der Waals surface area (Å²) in [4.78, 5) is 26.8. The number of amides is 2. The fourth-order valence-electron chi connectivity index (χ4n) is 1.62. The van der Waals surface area contributed by atoms with Gasteiger partial charge in [0.15, 0.2) is 5.13 Å². The van der Waals surface area contributed by atoms with Gasteiger partial charge in [-0.2, -0.15) is 0 Å². The van der Waals surface area contributed by atoms with Crippen molar-refractivity contribution in [3.8, 4) is 0 Å². The summed E-state index contributed by atoms with van der Waals surface area (Å²) < 4.78 is 5.10. The normalized spacial score (nSPS) is 14.0. The van der Waals surface area contributed by atoms with Gasteiger partial charge in [0.05, 0.1) is 11.0 Å². The highest BCUT2D eigenvalue weighted by atomic mass is 32.1. The third kappa shape index (κ3) is 7.40. The molecule has 8 nitrogen and oxygen atoms in total. The summed E-state index contributed by atoms with van der Waals surface area (Å²) in [6.07, 6.45) is -1.25.